The SMILES string of the molecule is CCC(CNC(=NC)NCCN1CCN(C(C)=O)CC1)Oc1cccc(C(F)(F)F)c1. The van der Waals surface area contributed by atoms with Gasteiger partial charge in [0.1, 0.15) is 11.9 Å². The Balaban J connectivity index is 1.75. The summed E-state index contributed by atoms with van der Waals surface area (Å²) in [7, 11) is 1.66. The Morgan fingerprint density at radius 2 is 1.94 bits per heavy atom. The third kappa shape index (κ3) is 8.28. The summed E-state index contributed by atoms with van der Waals surface area (Å²) >= 11 is 0. The zero-order valence-electron chi connectivity index (χ0n) is 18.3. The second-order valence-electron chi connectivity index (χ2n) is 7.40. The maximum absolute atomic E-state index is 12.9. The van der Waals surface area contributed by atoms with Crippen LogP contribution in [0.2, 0.25) is 0 Å². The van der Waals surface area contributed by atoms with Crippen molar-refractivity contribution in [3.8, 4) is 5.75 Å². The maximum Gasteiger partial charge on any atom is 0.416 e. The molecule has 1 aromatic carbocycles. The number of ether oxygens (including phenoxy) is 1. The molecule has 1 atom stereocenters. The Kier molecular flexibility index (Phi) is 9.42. The van der Waals surface area contributed by atoms with Crippen molar-refractivity contribution in [2.75, 3.05) is 52.9 Å². The van der Waals surface area contributed by atoms with Crippen molar-refractivity contribution < 1.29 is 22.7 Å². The fourth-order valence-corrected chi connectivity index (χ4v) is 3.26. The monoisotopic (exact) mass is 443 g/mol. The lowest BCUT2D eigenvalue weighted by molar-refractivity contribution is -0.137. The van der Waals surface area contributed by atoms with E-state index in [2.05, 4.69) is 20.5 Å². The molecule has 1 amide bonds. The number of alkyl halides is 3. The normalized spacial score (nSPS) is 16.7. The zero-order valence-corrected chi connectivity index (χ0v) is 18.3. The lowest BCUT2D eigenvalue weighted by atomic mass is 10.2. The predicted molar refractivity (Wildman–Crippen MR) is 114 cm³/mol. The number of nitrogens with zero attached hydrogens (tertiary/aromatic N) is 3. The fourth-order valence-electron chi connectivity index (χ4n) is 3.26. The Hall–Kier alpha value is -2.49. The van der Waals surface area contributed by atoms with Crippen LogP contribution in [0.3, 0.4) is 0 Å². The van der Waals surface area contributed by atoms with Crippen molar-refractivity contribution in [1.82, 2.24) is 20.4 Å². The molecule has 1 saturated heterocycles. The molecule has 2 N–H and O–H groups in total. The minimum atomic E-state index is -4.40. The van der Waals surface area contributed by atoms with Crippen molar-refractivity contribution in [3.63, 3.8) is 0 Å². The average Bonchev–Trinajstić information content (AvgIpc) is 2.75. The van der Waals surface area contributed by atoms with Crippen LogP contribution in [0, 0.1) is 0 Å². The van der Waals surface area contributed by atoms with Crippen LogP contribution in [-0.2, 0) is 11.0 Å². The van der Waals surface area contributed by atoms with E-state index < -0.39 is 11.7 Å². The van der Waals surface area contributed by atoms with Gasteiger partial charge in [0.05, 0.1) is 12.1 Å². The maximum atomic E-state index is 12.9. The molecule has 1 aliphatic rings. The minimum Gasteiger partial charge on any atom is -0.489 e. The van der Waals surface area contributed by atoms with Crippen LogP contribution in [0.1, 0.15) is 25.8 Å². The first-order chi connectivity index (χ1) is 14.7. The van der Waals surface area contributed by atoms with Gasteiger partial charge in [0.15, 0.2) is 5.96 Å². The van der Waals surface area contributed by atoms with E-state index in [0.29, 0.717) is 25.5 Å². The highest BCUT2D eigenvalue weighted by Gasteiger charge is 2.30. The highest BCUT2D eigenvalue weighted by atomic mass is 19.4. The number of rotatable bonds is 8. The van der Waals surface area contributed by atoms with Crippen LogP contribution in [0.4, 0.5) is 13.2 Å². The molecule has 31 heavy (non-hydrogen) atoms. The zero-order chi connectivity index (χ0) is 22.9. The second kappa shape index (κ2) is 11.8. The molecule has 10 heteroatoms. The molecule has 0 spiro atoms. The number of hydrogen-bond donors (Lipinski definition) is 2. The number of hydrogen-bond acceptors (Lipinski definition) is 4. The van der Waals surface area contributed by atoms with Gasteiger partial charge in [-0.15, -0.1) is 0 Å². The molecule has 0 radical (unpaired) electrons. The molecule has 0 aromatic heterocycles. The second-order valence-corrected chi connectivity index (χ2v) is 7.40. The number of halogens is 3. The Bertz CT molecular complexity index is 734. The molecule has 1 fully saturated rings. The number of piperazine rings is 1. The number of carbonyl (C=O) groups excluding carboxylic acids is 1. The van der Waals surface area contributed by atoms with Crippen LogP contribution in [0.25, 0.3) is 0 Å². The Morgan fingerprint density at radius 1 is 1.23 bits per heavy atom. The molecule has 0 aliphatic carbocycles. The van der Waals surface area contributed by atoms with Crippen molar-refractivity contribution in [2.24, 2.45) is 4.99 Å². The summed E-state index contributed by atoms with van der Waals surface area (Å²) in [6.45, 7) is 8.59. The molecule has 1 aliphatic heterocycles. The van der Waals surface area contributed by atoms with E-state index in [4.69, 9.17) is 4.74 Å². The number of nitrogens with one attached hydrogen (secondary N) is 2. The van der Waals surface area contributed by atoms with Gasteiger partial charge in [0, 0.05) is 53.2 Å². The minimum absolute atomic E-state index is 0.111. The fraction of sp³-hybridized carbons (Fsp3) is 0.619. The van der Waals surface area contributed by atoms with Crippen LogP contribution >= 0.6 is 0 Å². The van der Waals surface area contributed by atoms with Crippen LogP contribution < -0.4 is 15.4 Å². The molecule has 7 nitrogen and oxygen atoms in total. The van der Waals surface area contributed by atoms with Gasteiger partial charge in [-0.2, -0.15) is 13.2 Å². The van der Waals surface area contributed by atoms with Gasteiger partial charge in [-0.05, 0) is 24.6 Å². The summed E-state index contributed by atoms with van der Waals surface area (Å²) in [5.41, 5.74) is -0.727. The van der Waals surface area contributed by atoms with Gasteiger partial charge >= 0.3 is 6.18 Å². The van der Waals surface area contributed by atoms with E-state index in [1.165, 1.54) is 12.1 Å². The summed E-state index contributed by atoms with van der Waals surface area (Å²) in [6.07, 6.45) is -4.08. The summed E-state index contributed by atoms with van der Waals surface area (Å²) in [5.74, 6) is 0.907. The molecular formula is C21H32F3N5O2. The van der Waals surface area contributed by atoms with E-state index in [0.717, 1.165) is 44.9 Å². The van der Waals surface area contributed by atoms with Gasteiger partial charge in [0.25, 0.3) is 0 Å². The van der Waals surface area contributed by atoms with Gasteiger partial charge in [-0.1, -0.05) is 13.0 Å². The standard InChI is InChI=1S/C21H32F3N5O2/c1-4-18(31-19-7-5-6-17(14-19)21(22,23)24)15-27-20(25-3)26-8-9-28-10-12-29(13-11-28)16(2)30/h5-7,14,18H,4,8-13,15H2,1-3H3,(H2,25,26,27). The smallest absolute Gasteiger partial charge is 0.416 e. The quantitative estimate of drug-likeness (QED) is 0.476. The lowest BCUT2D eigenvalue weighted by Crippen LogP contribution is -2.50. The van der Waals surface area contributed by atoms with Crippen molar-refractivity contribution in [2.45, 2.75) is 32.5 Å². The van der Waals surface area contributed by atoms with Crippen LogP contribution in [0.5, 0.6) is 5.75 Å². The van der Waals surface area contributed by atoms with E-state index >= 15 is 0 Å². The lowest BCUT2D eigenvalue weighted by Gasteiger charge is -2.34. The first-order valence-electron chi connectivity index (χ1n) is 10.5. The molecular weight excluding hydrogens is 411 g/mol. The van der Waals surface area contributed by atoms with Gasteiger partial charge < -0.3 is 20.3 Å². The van der Waals surface area contributed by atoms with Crippen LogP contribution in [-0.4, -0.2) is 80.6 Å². The average molecular weight is 444 g/mol. The number of carbonyl (C=O) groups is 1. The van der Waals surface area contributed by atoms with E-state index in [1.54, 1.807) is 14.0 Å². The van der Waals surface area contributed by atoms with Gasteiger partial charge in [0.2, 0.25) is 5.91 Å². The third-order valence-electron chi connectivity index (χ3n) is 5.18. The van der Waals surface area contributed by atoms with Crippen molar-refractivity contribution in [3.05, 3.63) is 29.8 Å². The van der Waals surface area contributed by atoms with E-state index in [9.17, 15) is 18.0 Å². The highest BCUT2D eigenvalue weighted by Crippen LogP contribution is 2.31. The molecule has 1 unspecified atom stereocenters. The number of benzene rings is 1. The summed E-state index contributed by atoms with van der Waals surface area (Å²) in [5, 5.41) is 6.40. The number of aliphatic imine (C=N–C) groups is 1. The van der Waals surface area contributed by atoms with Gasteiger partial charge in [-0.3, -0.25) is 14.7 Å². The van der Waals surface area contributed by atoms with Crippen molar-refractivity contribution in [1.29, 1.82) is 0 Å². The number of guanidine groups is 1. The van der Waals surface area contributed by atoms with E-state index in [1.807, 2.05) is 11.8 Å². The van der Waals surface area contributed by atoms with Crippen LogP contribution in [0.15, 0.2) is 29.3 Å². The molecule has 0 bridgehead atoms. The summed E-state index contributed by atoms with van der Waals surface area (Å²) < 4.78 is 44.4. The molecule has 1 heterocycles. The third-order valence-corrected chi connectivity index (χ3v) is 5.18. The van der Waals surface area contributed by atoms with Gasteiger partial charge in [-0.25, -0.2) is 0 Å². The van der Waals surface area contributed by atoms with Crippen molar-refractivity contribution >= 4 is 11.9 Å². The Labute approximate surface area is 181 Å². The number of amides is 1. The Morgan fingerprint density at radius 3 is 2.52 bits per heavy atom. The molecule has 1 aromatic rings. The largest absolute Gasteiger partial charge is 0.489 e. The predicted octanol–water partition coefficient (Wildman–Crippen LogP) is 2.19. The molecule has 174 valence electrons. The molecule has 0 saturated carbocycles. The molecule has 2 rings (SSSR count). The topological polar surface area (TPSA) is 69.2 Å². The highest BCUT2D eigenvalue weighted by molar-refractivity contribution is 5.79. The summed E-state index contributed by atoms with van der Waals surface area (Å²) in [6, 6.07) is 4.91. The summed E-state index contributed by atoms with van der Waals surface area (Å²) in [4.78, 5) is 19.7. The first kappa shape index (κ1) is 24.8. The first-order valence-corrected chi connectivity index (χ1v) is 10.5. The van der Waals surface area contributed by atoms with E-state index in [-0.39, 0.29) is 17.8 Å².